The molecule has 1 fully saturated rings. The van der Waals surface area contributed by atoms with Crippen LogP contribution in [0.5, 0.6) is 0 Å². The first kappa shape index (κ1) is 14.0. The van der Waals surface area contributed by atoms with Crippen molar-refractivity contribution in [1.82, 2.24) is 20.1 Å². The fourth-order valence-electron chi connectivity index (χ4n) is 2.17. The Labute approximate surface area is 131 Å². The van der Waals surface area contributed by atoms with Crippen LogP contribution in [0.3, 0.4) is 0 Å². The van der Waals surface area contributed by atoms with E-state index in [2.05, 4.69) is 37.4 Å². The van der Waals surface area contributed by atoms with Crippen molar-refractivity contribution >= 4 is 27.5 Å². The first-order chi connectivity index (χ1) is 9.56. The van der Waals surface area contributed by atoms with Gasteiger partial charge in [-0.1, -0.05) is 11.6 Å². The Morgan fingerprint density at radius 3 is 2.80 bits per heavy atom. The van der Waals surface area contributed by atoms with Crippen molar-refractivity contribution in [1.29, 1.82) is 0 Å². The molecule has 0 radical (unpaired) electrons. The zero-order valence-electron chi connectivity index (χ0n) is 11.5. The third kappa shape index (κ3) is 2.75. The number of rotatable bonds is 4. The van der Waals surface area contributed by atoms with Crippen LogP contribution >= 0.6 is 27.5 Å². The highest BCUT2D eigenvalue weighted by molar-refractivity contribution is 9.10. The minimum atomic E-state index is 0.658. The molecule has 0 bridgehead atoms. The van der Waals surface area contributed by atoms with Crippen LogP contribution in [0.15, 0.2) is 16.7 Å². The second-order valence-electron chi connectivity index (χ2n) is 5.19. The minimum absolute atomic E-state index is 0.658. The van der Waals surface area contributed by atoms with E-state index >= 15 is 0 Å². The second kappa shape index (κ2) is 5.47. The molecule has 1 saturated carbocycles. The normalized spacial score (nSPS) is 14.8. The molecule has 0 aliphatic heterocycles. The van der Waals surface area contributed by atoms with Crippen LogP contribution in [0.4, 0.5) is 0 Å². The number of halogens is 2. The minimum Gasteiger partial charge on any atom is -0.310 e. The average Bonchev–Trinajstić information content (AvgIpc) is 3.21. The molecule has 4 nitrogen and oxygen atoms in total. The quantitative estimate of drug-likeness (QED) is 0.912. The van der Waals surface area contributed by atoms with E-state index in [0.29, 0.717) is 11.1 Å². The van der Waals surface area contributed by atoms with Gasteiger partial charge in [0.1, 0.15) is 0 Å². The smallest absolute Gasteiger partial charge is 0.158 e. The zero-order chi connectivity index (χ0) is 14.3. The molecule has 0 spiro atoms. The predicted molar refractivity (Wildman–Crippen MR) is 83.4 cm³/mol. The molecule has 20 heavy (non-hydrogen) atoms. The summed E-state index contributed by atoms with van der Waals surface area (Å²) < 4.78 is 2.80. The van der Waals surface area contributed by atoms with Gasteiger partial charge in [-0.05, 0) is 48.7 Å². The van der Waals surface area contributed by atoms with Crippen molar-refractivity contribution in [3.8, 4) is 5.82 Å². The van der Waals surface area contributed by atoms with Crippen LogP contribution in [0.1, 0.15) is 29.8 Å². The van der Waals surface area contributed by atoms with Crippen LogP contribution < -0.4 is 5.32 Å². The van der Waals surface area contributed by atoms with Gasteiger partial charge in [-0.3, -0.25) is 0 Å². The third-order valence-electron chi connectivity index (χ3n) is 3.47. The molecule has 3 rings (SSSR count). The second-order valence-corrected chi connectivity index (χ2v) is 6.48. The van der Waals surface area contributed by atoms with Gasteiger partial charge in [-0.25, -0.2) is 9.67 Å². The van der Waals surface area contributed by atoms with Gasteiger partial charge in [0, 0.05) is 28.8 Å². The number of aromatic nitrogens is 3. The SMILES string of the molecule is Cc1nn(-c2ncc(Br)cc2CNC2CC2)c(C)c1Cl. The average molecular weight is 356 g/mol. The summed E-state index contributed by atoms with van der Waals surface area (Å²) >= 11 is 9.72. The largest absolute Gasteiger partial charge is 0.310 e. The Morgan fingerprint density at radius 1 is 1.45 bits per heavy atom. The summed E-state index contributed by atoms with van der Waals surface area (Å²) in [7, 11) is 0. The van der Waals surface area contributed by atoms with E-state index in [1.807, 2.05) is 18.5 Å². The highest BCUT2D eigenvalue weighted by atomic mass is 79.9. The Balaban J connectivity index is 2.00. The summed E-state index contributed by atoms with van der Waals surface area (Å²) in [4.78, 5) is 4.52. The molecule has 2 aromatic heterocycles. The summed E-state index contributed by atoms with van der Waals surface area (Å²) in [5, 5.41) is 8.71. The Kier molecular flexibility index (Phi) is 3.84. The van der Waals surface area contributed by atoms with Gasteiger partial charge in [-0.2, -0.15) is 5.10 Å². The van der Waals surface area contributed by atoms with Crippen LogP contribution in [-0.4, -0.2) is 20.8 Å². The van der Waals surface area contributed by atoms with Crippen molar-refractivity contribution in [2.45, 2.75) is 39.3 Å². The fraction of sp³-hybridized carbons (Fsp3) is 0.429. The topological polar surface area (TPSA) is 42.7 Å². The maximum absolute atomic E-state index is 6.23. The van der Waals surface area contributed by atoms with E-state index in [1.54, 1.807) is 6.20 Å². The van der Waals surface area contributed by atoms with Gasteiger partial charge < -0.3 is 5.32 Å². The van der Waals surface area contributed by atoms with Crippen molar-refractivity contribution in [3.05, 3.63) is 38.7 Å². The lowest BCUT2D eigenvalue weighted by molar-refractivity contribution is 0.673. The summed E-state index contributed by atoms with van der Waals surface area (Å²) in [6, 6.07) is 2.74. The van der Waals surface area contributed by atoms with Crippen molar-refractivity contribution in [3.63, 3.8) is 0 Å². The molecule has 0 aromatic carbocycles. The molecule has 0 saturated heterocycles. The molecule has 1 aliphatic rings. The van der Waals surface area contributed by atoms with Crippen molar-refractivity contribution in [2.75, 3.05) is 0 Å². The van der Waals surface area contributed by atoms with Crippen molar-refractivity contribution in [2.24, 2.45) is 0 Å². The molecule has 1 N–H and O–H groups in total. The van der Waals surface area contributed by atoms with Crippen LogP contribution in [0.2, 0.25) is 5.02 Å². The molecule has 2 heterocycles. The Morgan fingerprint density at radius 2 is 2.20 bits per heavy atom. The number of hydrogen-bond acceptors (Lipinski definition) is 3. The maximum Gasteiger partial charge on any atom is 0.158 e. The van der Waals surface area contributed by atoms with Crippen LogP contribution in [0, 0.1) is 13.8 Å². The Bertz CT molecular complexity index is 649. The first-order valence-electron chi connectivity index (χ1n) is 6.66. The highest BCUT2D eigenvalue weighted by Gasteiger charge is 2.21. The monoisotopic (exact) mass is 354 g/mol. The van der Waals surface area contributed by atoms with Gasteiger partial charge in [0.05, 0.1) is 16.4 Å². The maximum atomic E-state index is 6.23. The molecule has 6 heteroatoms. The van der Waals surface area contributed by atoms with Gasteiger partial charge in [0.25, 0.3) is 0 Å². The van der Waals surface area contributed by atoms with Gasteiger partial charge >= 0.3 is 0 Å². The lowest BCUT2D eigenvalue weighted by Gasteiger charge is -2.11. The lowest BCUT2D eigenvalue weighted by Crippen LogP contribution is -2.18. The first-order valence-corrected chi connectivity index (χ1v) is 7.83. The molecular weight excluding hydrogens is 340 g/mol. The van der Waals surface area contributed by atoms with Crippen LogP contribution in [-0.2, 0) is 6.54 Å². The van der Waals surface area contributed by atoms with E-state index < -0.39 is 0 Å². The van der Waals surface area contributed by atoms with Crippen LogP contribution in [0.25, 0.3) is 5.82 Å². The molecule has 1 aliphatic carbocycles. The molecule has 106 valence electrons. The van der Waals surface area contributed by atoms with Gasteiger partial charge in [0.15, 0.2) is 5.82 Å². The summed E-state index contributed by atoms with van der Waals surface area (Å²) in [6.07, 6.45) is 4.32. The van der Waals surface area contributed by atoms with E-state index in [-0.39, 0.29) is 0 Å². The lowest BCUT2D eigenvalue weighted by atomic mass is 10.2. The van der Waals surface area contributed by atoms with E-state index in [9.17, 15) is 0 Å². The Hall–Kier alpha value is -0.910. The molecule has 0 atom stereocenters. The number of pyridine rings is 1. The van der Waals surface area contributed by atoms with E-state index in [4.69, 9.17) is 11.6 Å². The van der Waals surface area contributed by atoms with E-state index in [0.717, 1.165) is 33.8 Å². The fourth-order valence-corrected chi connectivity index (χ4v) is 2.66. The van der Waals surface area contributed by atoms with Gasteiger partial charge in [-0.15, -0.1) is 0 Å². The predicted octanol–water partition coefficient (Wildman–Crippen LogP) is 3.55. The molecule has 2 aromatic rings. The number of aryl methyl sites for hydroxylation is 1. The molecule has 0 unspecified atom stereocenters. The zero-order valence-corrected chi connectivity index (χ0v) is 13.8. The molecule has 0 amide bonds. The summed E-state index contributed by atoms with van der Waals surface area (Å²) in [5.74, 6) is 0.842. The molecular formula is C14H16BrClN4. The third-order valence-corrected chi connectivity index (χ3v) is 4.45. The summed E-state index contributed by atoms with van der Waals surface area (Å²) in [6.45, 7) is 4.67. The highest BCUT2D eigenvalue weighted by Crippen LogP contribution is 2.25. The number of nitrogens with zero attached hydrogens (tertiary/aromatic N) is 3. The summed E-state index contributed by atoms with van der Waals surface area (Å²) in [5.41, 5.74) is 2.87. The number of hydrogen-bond donors (Lipinski definition) is 1. The standard InChI is InChI=1S/C14H16BrClN4/c1-8-13(16)9(2)20(19-8)14-10(5-11(15)7-18-14)6-17-12-3-4-12/h5,7,12,17H,3-4,6H2,1-2H3. The number of nitrogens with one attached hydrogen (secondary N) is 1. The van der Waals surface area contributed by atoms with Crippen molar-refractivity contribution < 1.29 is 0 Å². The van der Waals surface area contributed by atoms with E-state index in [1.165, 1.54) is 12.8 Å². The van der Waals surface area contributed by atoms with Gasteiger partial charge in [0.2, 0.25) is 0 Å².